The maximum atomic E-state index is 12.4. The smallest absolute Gasteiger partial charge is 0.302 e. The molecule has 2 aromatic rings. The minimum atomic E-state index is -1.95. The molecule has 2 nitrogen and oxygen atoms in total. The van der Waals surface area contributed by atoms with E-state index in [1.807, 2.05) is 42.5 Å². The van der Waals surface area contributed by atoms with Crippen LogP contribution in [-0.2, 0) is 9.22 Å². The van der Waals surface area contributed by atoms with Gasteiger partial charge in [-0.1, -0.05) is 92.4 Å². The Morgan fingerprint density at radius 3 is 1.85 bits per heavy atom. The van der Waals surface area contributed by atoms with Gasteiger partial charge in [-0.25, -0.2) is 0 Å². The van der Waals surface area contributed by atoms with E-state index in [0.717, 1.165) is 29.6 Å². The molecule has 3 heteroatoms. The van der Waals surface area contributed by atoms with Crippen molar-refractivity contribution in [2.45, 2.75) is 51.4 Å². The first kappa shape index (κ1) is 20.2. The zero-order valence-corrected chi connectivity index (χ0v) is 16.8. The van der Waals surface area contributed by atoms with Crippen LogP contribution >= 0.6 is 0 Å². The summed E-state index contributed by atoms with van der Waals surface area (Å²) in [5.74, 6) is -0.0546. The van der Waals surface area contributed by atoms with E-state index in [2.05, 4.69) is 30.8 Å². The van der Waals surface area contributed by atoms with E-state index in [1.54, 1.807) is 0 Å². The Balaban J connectivity index is 1.79. The van der Waals surface area contributed by atoms with Gasteiger partial charge in [0.25, 0.3) is 5.97 Å². The summed E-state index contributed by atoms with van der Waals surface area (Å²) in [6.45, 7) is 3.75. The zero-order chi connectivity index (χ0) is 18.5. The van der Waals surface area contributed by atoms with Gasteiger partial charge in [0.05, 0.1) is 0 Å². The molecule has 0 aliphatic heterocycles. The Kier molecular flexibility index (Phi) is 9.51. The standard InChI is InChI=1S/C23H30O2Si/c1-2-3-4-5-6-7-8-15-20-23(24)25-26(21-16-11-9-12-17-21)22-18-13-10-14-19-22/h2,9-14,16-19,26H,1,3-8,15,20H2. The van der Waals surface area contributed by atoms with Crippen LogP contribution in [0.25, 0.3) is 0 Å². The summed E-state index contributed by atoms with van der Waals surface area (Å²) in [5.41, 5.74) is 0. The van der Waals surface area contributed by atoms with Crippen molar-refractivity contribution >= 4 is 25.4 Å². The minimum Gasteiger partial charge on any atom is -0.513 e. The number of carbonyl (C=O) groups is 1. The quantitative estimate of drug-likeness (QED) is 0.317. The highest BCUT2D eigenvalue weighted by Crippen LogP contribution is 2.09. The molecule has 0 unspecified atom stereocenters. The van der Waals surface area contributed by atoms with Crippen LogP contribution < -0.4 is 10.4 Å². The molecule has 0 bridgehead atoms. The number of hydrogen-bond donors (Lipinski definition) is 0. The van der Waals surface area contributed by atoms with E-state index >= 15 is 0 Å². The van der Waals surface area contributed by atoms with E-state index in [0.29, 0.717) is 6.42 Å². The highest BCUT2D eigenvalue weighted by molar-refractivity contribution is 6.81. The fourth-order valence-electron chi connectivity index (χ4n) is 3.04. The monoisotopic (exact) mass is 366 g/mol. The number of hydrogen-bond acceptors (Lipinski definition) is 2. The van der Waals surface area contributed by atoms with Crippen LogP contribution in [-0.4, -0.2) is 15.0 Å². The van der Waals surface area contributed by atoms with Crippen molar-refractivity contribution in [2.24, 2.45) is 0 Å². The van der Waals surface area contributed by atoms with E-state index in [-0.39, 0.29) is 5.97 Å². The molecule has 0 N–H and O–H groups in total. The SMILES string of the molecule is C=CCCCCCCCCC(=O)O[SiH](c1ccccc1)c1ccccc1. The molecule has 2 rings (SSSR count). The molecule has 0 saturated heterocycles. The summed E-state index contributed by atoms with van der Waals surface area (Å²) >= 11 is 0. The van der Waals surface area contributed by atoms with Gasteiger partial charge in [0.2, 0.25) is 0 Å². The lowest BCUT2D eigenvalue weighted by Gasteiger charge is -2.17. The van der Waals surface area contributed by atoms with Crippen molar-refractivity contribution in [1.82, 2.24) is 0 Å². The molecule has 0 spiro atoms. The summed E-state index contributed by atoms with van der Waals surface area (Å²) in [7, 11) is -1.95. The molecule has 0 atom stereocenters. The summed E-state index contributed by atoms with van der Waals surface area (Å²) < 4.78 is 5.97. The molecule has 0 heterocycles. The Bertz CT molecular complexity index is 600. The van der Waals surface area contributed by atoms with Crippen molar-refractivity contribution in [3.8, 4) is 0 Å². The van der Waals surface area contributed by atoms with Crippen molar-refractivity contribution in [2.75, 3.05) is 0 Å². The third-order valence-corrected chi connectivity index (χ3v) is 6.97. The first-order valence-electron chi connectivity index (χ1n) is 9.71. The van der Waals surface area contributed by atoms with Gasteiger partial charge >= 0.3 is 9.04 Å². The van der Waals surface area contributed by atoms with Crippen LogP contribution in [0.2, 0.25) is 0 Å². The van der Waals surface area contributed by atoms with Gasteiger partial charge in [-0.2, -0.15) is 0 Å². The molecule has 0 aliphatic rings. The molecular formula is C23H30O2Si. The van der Waals surface area contributed by atoms with Gasteiger partial charge < -0.3 is 4.43 Å². The Labute approximate surface area is 159 Å². The van der Waals surface area contributed by atoms with Crippen LogP contribution in [0.4, 0.5) is 0 Å². The second-order valence-corrected chi connectivity index (χ2v) is 8.97. The highest BCUT2D eigenvalue weighted by Gasteiger charge is 2.21. The lowest BCUT2D eigenvalue weighted by Crippen LogP contribution is -2.46. The van der Waals surface area contributed by atoms with Gasteiger partial charge in [-0.05, 0) is 29.6 Å². The Morgan fingerprint density at radius 1 is 0.808 bits per heavy atom. The molecule has 138 valence electrons. The topological polar surface area (TPSA) is 26.3 Å². The van der Waals surface area contributed by atoms with Gasteiger partial charge in [0.1, 0.15) is 0 Å². The van der Waals surface area contributed by atoms with Gasteiger partial charge in [-0.15, -0.1) is 6.58 Å². The molecule has 0 fully saturated rings. The second kappa shape index (κ2) is 12.3. The fourth-order valence-corrected chi connectivity index (χ4v) is 5.22. The van der Waals surface area contributed by atoms with Crippen molar-refractivity contribution in [3.63, 3.8) is 0 Å². The van der Waals surface area contributed by atoms with Crippen LogP contribution in [0.5, 0.6) is 0 Å². The average Bonchev–Trinajstić information content (AvgIpc) is 2.69. The molecule has 0 saturated carbocycles. The maximum absolute atomic E-state index is 12.4. The number of unbranched alkanes of at least 4 members (excludes halogenated alkanes) is 6. The predicted molar refractivity (Wildman–Crippen MR) is 113 cm³/mol. The molecule has 26 heavy (non-hydrogen) atoms. The van der Waals surface area contributed by atoms with Crippen LogP contribution in [0.3, 0.4) is 0 Å². The summed E-state index contributed by atoms with van der Waals surface area (Å²) in [4.78, 5) is 12.4. The van der Waals surface area contributed by atoms with E-state index in [1.165, 1.54) is 25.7 Å². The van der Waals surface area contributed by atoms with Crippen LogP contribution in [0, 0.1) is 0 Å². The number of carbonyl (C=O) groups excluding carboxylic acids is 1. The Morgan fingerprint density at radius 2 is 1.31 bits per heavy atom. The normalized spacial score (nSPS) is 10.7. The minimum absolute atomic E-state index is 0.0546. The largest absolute Gasteiger partial charge is 0.513 e. The first-order valence-corrected chi connectivity index (χ1v) is 11.3. The fraction of sp³-hybridized carbons (Fsp3) is 0.348. The number of rotatable bonds is 12. The van der Waals surface area contributed by atoms with E-state index in [9.17, 15) is 4.79 Å². The summed E-state index contributed by atoms with van der Waals surface area (Å²) in [6, 6.07) is 20.3. The zero-order valence-electron chi connectivity index (χ0n) is 15.6. The lowest BCUT2D eigenvalue weighted by molar-refractivity contribution is -0.134. The van der Waals surface area contributed by atoms with Crippen LogP contribution in [0.1, 0.15) is 51.4 Å². The number of benzene rings is 2. The average molecular weight is 367 g/mol. The lowest BCUT2D eigenvalue weighted by atomic mass is 10.1. The Hall–Kier alpha value is -2.13. The molecule has 0 aliphatic carbocycles. The first-order chi connectivity index (χ1) is 12.8. The van der Waals surface area contributed by atoms with Crippen molar-refractivity contribution in [3.05, 3.63) is 73.3 Å². The molecular weight excluding hydrogens is 336 g/mol. The maximum Gasteiger partial charge on any atom is 0.302 e. The van der Waals surface area contributed by atoms with E-state index in [4.69, 9.17) is 4.43 Å². The van der Waals surface area contributed by atoms with Gasteiger partial charge in [0, 0.05) is 6.42 Å². The second-order valence-electron chi connectivity index (χ2n) is 6.64. The van der Waals surface area contributed by atoms with Crippen molar-refractivity contribution < 1.29 is 9.22 Å². The summed E-state index contributed by atoms with van der Waals surface area (Å²) in [6.07, 6.45) is 10.6. The summed E-state index contributed by atoms with van der Waals surface area (Å²) in [5, 5.41) is 2.29. The molecule has 2 aromatic carbocycles. The number of allylic oxidation sites excluding steroid dienone is 1. The predicted octanol–water partition coefficient (Wildman–Crippen LogP) is 4.37. The highest BCUT2D eigenvalue weighted by atomic mass is 28.3. The third kappa shape index (κ3) is 7.40. The molecule has 0 radical (unpaired) electrons. The van der Waals surface area contributed by atoms with Crippen molar-refractivity contribution in [1.29, 1.82) is 0 Å². The van der Waals surface area contributed by atoms with Crippen LogP contribution in [0.15, 0.2) is 73.3 Å². The molecule has 0 amide bonds. The van der Waals surface area contributed by atoms with Gasteiger partial charge in [0.15, 0.2) is 0 Å². The van der Waals surface area contributed by atoms with Gasteiger partial charge in [-0.3, -0.25) is 4.79 Å². The third-order valence-electron chi connectivity index (χ3n) is 4.49. The van der Waals surface area contributed by atoms with E-state index < -0.39 is 9.04 Å². The molecule has 0 aromatic heterocycles.